The molecular formula is C14H10Cl2O3. The van der Waals surface area contributed by atoms with Gasteiger partial charge >= 0.3 is 5.97 Å². The number of benzene rings is 2. The second-order valence-electron chi connectivity index (χ2n) is 3.88. The van der Waals surface area contributed by atoms with E-state index in [0.29, 0.717) is 16.1 Å². The second-order valence-corrected chi connectivity index (χ2v) is 4.73. The number of carbonyl (C=O) groups is 1. The maximum atomic E-state index is 11.4. The maximum Gasteiger partial charge on any atom is 0.339 e. The fourth-order valence-corrected chi connectivity index (χ4v) is 2.20. The highest BCUT2D eigenvalue weighted by molar-refractivity contribution is 6.34. The van der Waals surface area contributed by atoms with Gasteiger partial charge in [0.1, 0.15) is 5.75 Å². The number of carbonyl (C=O) groups excluding carboxylic acids is 1. The zero-order valence-corrected chi connectivity index (χ0v) is 11.5. The molecule has 0 amide bonds. The van der Waals surface area contributed by atoms with Crippen LogP contribution in [-0.2, 0) is 4.74 Å². The van der Waals surface area contributed by atoms with E-state index in [4.69, 9.17) is 23.2 Å². The van der Waals surface area contributed by atoms with Gasteiger partial charge in [0, 0.05) is 5.02 Å². The lowest BCUT2D eigenvalue weighted by molar-refractivity contribution is 0.0601. The molecular weight excluding hydrogens is 287 g/mol. The van der Waals surface area contributed by atoms with Crippen molar-refractivity contribution in [2.75, 3.05) is 7.11 Å². The number of esters is 1. The molecule has 5 heteroatoms. The van der Waals surface area contributed by atoms with Crippen LogP contribution in [0.3, 0.4) is 0 Å². The minimum Gasteiger partial charge on any atom is -0.508 e. The Hall–Kier alpha value is -1.71. The Morgan fingerprint density at radius 3 is 2.42 bits per heavy atom. The molecule has 0 spiro atoms. The van der Waals surface area contributed by atoms with Crippen molar-refractivity contribution in [3.63, 3.8) is 0 Å². The standard InChI is InChI=1S/C14H10Cl2O3/c1-19-14(18)12-3-2-8(6-13(12)16)9-4-10(15)7-11(17)5-9/h2-7,17H,1H3. The molecule has 0 radical (unpaired) electrons. The maximum absolute atomic E-state index is 11.4. The summed E-state index contributed by atoms with van der Waals surface area (Å²) in [6, 6.07) is 9.61. The SMILES string of the molecule is COC(=O)c1ccc(-c2cc(O)cc(Cl)c2)cc1Cl. The van der Waals surface area contributed by atoms with Crippen molar-refractivity contribution in [1.29, 1.82) is 0 Å². The molecule has 0 aliphatic rings. The second kappa shape index (κ2) is 5.51. The van der Waals surface area contributed by atoms with Crippen LogP contribution in [0.2, 0.25) is 10.0 Å². The summed E-state index contributed by atoms with van der Waals surface area (Å²) in [7, 11) is 1.29. The van der Waals surface area contributed by atoms with Gasteiger partial charge in [-0.05, 0) is 41.5 Å². The van der Waals surface area contributed by atoms with Crippen molar-refractivity contribution in [1.82, 2.24) is 0 Å². The van der Waals surface area contributed by atoms with Gasteiger partial charge in [-0.25, -0.2) is 4.79 Å². The molecule has 2 aromatic rings. The topological polar surface area (TPSA) is 46.5 Å². The molecule has 0 fully saturated rings. The van der Waals surface area contributed by atoms with Gasteiger partial charge in [-0.15, -0.1) is 0 Å². The fourth-order valence-electron chi connectivity index (χ4n) is 1.71. The quantitative estimate of drug-likeness (QED) is 0.847. The largest absolute Gasteiger partial charge is 0.508 e. The molecule has 0 unspecified atom stereocenters. The first-order valence-electron chi connectivity index (χ1n) is 5.39. The summed E-state index contributed by atoms with van der Waals surface area (Å²) in [6.07, 6.45) is 0. The van der Waals surface area contributed by atoms with Crippen LogP contribution >= 0.6 is 23.2 Å². The summed E-state index contributed by atoms with van der Waals surface area (Å²) in [5.41, 5.74) is 1.75. The van der Waals surface area contributed by atoms with Crippen LogP contribution in [-0.4, -0.2) is 18.2 Å². The number of ether oxygens (including phenoxy) is 1. The molecule has 2 rings (SSSR count). The van der Waals surface area contributed by atoms with Gasteiger partial charge in [0.2, 0.25) is 0 Å². The summed E-state index contributed by atoms with van der Waals surface area (Å²) in [5.74, 6) is -0.429. The molecule has 0 saturated carbocycles. The summed E-state index contributed by atoms with van der Waals surface area (Å²) in [6.45, 7) is 0. The molecule has 0 aliphatic heterocycles. The van der Waals surface area contributed by atoms with Crippen molar-refractivity contribution in [3.05, 3.63) is 52.0 Å². The average Bonchev–Trinajstić information content (AvgIpc) is 2.36. The predicted molar refractivity (Wildman–Crippen MR) is 74.9 cm³/mol. The van der Waals surface area contributed by atoms with E-state index in [2.05, 4.69) is 4.74 Å². The summed E-state index contributed by atoms with van der Waals surface area (Å²) >= 11 is 11.9. The van der Waals surface area contributed by atoms with Crippen LogP contribution in [0, 0.1) is 0 Å². The molecule has 0 atom stereocenters. The van der Waals surface area contributed by atoms with Crippen LogP contribution in [0.5, 0.6) is 5.75 Å². The number of hydrogen-bond acceptors (Lipinski definition) is 3. The molecule has 98 valence electrons. The minimum atomic E-state index is -0.495. The normalized spacial score (nSPS) is 10.3. The smallest absolute Gasteiger partial charge is 0.339 e. The first-order valence-corrected chi connectivity index (χ1v) is 6.14. The van der Waals surface area contributed by atoms with E-state index in [1.54, 1.807) is 30.3 Å². The molecule has 3 nitrogen and oxygen atoms in total. The fraction of sp³-hybridized carbons (Fsp3) is 0.0714. The number of aromatic hydroxyl groups is 1. The highest BCUT2D eigenvalue weighted by Gasteiger charge is 2.12. The first kappa shape index (κ1) is 13.7. The molecule has 2 aromatic carbocycles. The lowest BCUT2D eigenvalue weighted by Crippen LogP contribution is -2.01. The minimum absolute atomic E-state index is 0.0654. The van der Waals surface area contributed by atoms with Crippen molar-refractivity contribution < 1.29 is 14.6 Å². The Bertz CT molecular complexity index is 618. The number of hydrogen-bond donors (Lipinski definition) is 1. The Morgan fingerprint density at radius 2 is 1.84 bits per heavy atom. The lowest BCUT2D eigenvalue weighted by atomic mass is 10.0. The van der Waals surface area contributed by atoms with Gasteiger partial charge in [-0.3, -0.25) is 0 Å². The van der Waals surface area contributed by atoms with E-state index in [0.717, 1.165) is 5.56 Å². The predicted octanol–water partition coefficient (Wildman–Crippen LogP) is 4.15. The molecule has 19 heavy (non-hydrogen) atoms. The summed E-state index contributed by atoms with van der Waals surface area (Å²) in [4.78, 5) is 11.4. The average molecular weight is 297 g/mol. The third-order valence-electron chi connectivity index (χ3n) is 2.59. The van der Waals surface area contributed by atoms with Crippen LogP contribution in [0.4, 0.5) is 0 Å². The van der Waals surface area contributed by atoms with Gasteiger partial charge in [0.05, 0.1) is 17.7 Å². The molecule has 0 aliphatic carbocycles. The van der Waals surface area contributed by atoms with Crippen molar-refractivity contribution >= 4 is 29.2 Å². The van der Waals surface area contributed by atoms with E-state index in [9.17, 15) is 9.90 Å². The Morgan fingerprint density at radius 1 is 1.11 bits per heavy atom. The third-order valence-corrected chi connectivity index (χ3v) is 3.12. The van der Waals surface area contributed by atoms with E-state index < -0.39 is 5.97 Å². The van der Waals surface area contributed by atoms with Crippen molar-refractivity contribution in [2.24, 2.45) is 0 Å². The number of phenolic OH excluding ortho intramolecular Hbond substituents is 1. The Balaban J connectivity index is 2.47. The monoisotopic (exact) mass is 296 g/mol. The molecule has 0 bridgehead atoms. The first-order chi connectivity index (χ1) is 9.01. The zero-order chi connectivity index (χ0) is 14.0. The lowest BCUT2D eigenvalue weighted by Gasteiger charge is -2.07. The molecule has 0 saturated heterocycles. The van der Waals surface area contributed by atoms with Crippen LogP contribution in [0.25, 0.3) is 11.1 Å². The van der Waals surface area contributed by atoms with E-state index in [-0.39, 0.29) is 10.8 Å². The molecule has 0 aromatic heterocycles. The number of halogens is 2. The van der Waals surface area contributed by atoms with Gasteiger partial charge < -0.3 is 9.84 Å². The third kappa shape index (κ3) is 3.00. The van der Waals surface area contributed by atoms with Crippen LogP contribution < -0.4 is 0 Å². The van der Waals surface area contributed by atoms with Crippen molar-refractivity contribution in [2.45, 2.75) is 0 Å². The van der Waals surface area contributed by atoms with E-state index in [1.165, 1.54) is 13.2 Å². The highest BCUT2D eigenvalue weighted by atomic mass is 35.5. The van der Waals surface area contributed by atoms with Gasteiger partial charge in [0.25, 0.3) is 0 Å². The summed E-state index contributed by atoms with van der Waals surface area (Å²) in [5, 5.41) is 10.2. The van der Waals surface area contributed by atoms with E-state index >= 15 is 0 Å². The number of methoxy groups -OCH3 is 1. The van der Waals surface area contributed by atoms with Crippen LogP contribution in [0.15, 0.2) is 36.4 Å². The summed E-state index contributed by atoms with van der Waals surface area (Å²) < 4.78 is 4.62. The number of rotatable bonds is 2. The highest BCUT2D eigenvalue weighted by Crippen LogP contribution is 2.30. The van der Waals surface area contributed by atoms with Gasteiger partial charge in [-0.1, -0.05) is 29.3 Å². The van der Waals surface area contributed by atoms with Gasteiger partial charge in [0.15, 0.2) is 0 Å². The van der Waals surface area contributed by atoms with E-state index in [1.807, 2.05) is 0 Å². The molecule has 1 N–H and O–H groups in total. The Kier molecular flexibility index (Phi) is 3.98. The Labute approximate surface area is 120 Å². The zero-order valence-electron chi connectivity index (χ0n) is 9.98. The van der Waals surface area contributed by atoms with Crippen molar-refractivity contribution in [3.8, 4) is 16.9 Å². The number of phenols is 1. The molecule has 0 heterocycles. The van der Waals surface area contributed by atoms with Crippen LogP contribution in [0.1, 0.15) is 10.4 Å². The van der Waals surface area contributed by atoms with Gasteiger partial charge in [-0.2, -0.15) is 0 Å².